The minimum Gasteiger partial charge on any atom is -0.370 e. The smallest absolute Gasteiger partial charge is 0.243 e. The highest BCUT2D eigenvalue weighted by Gasteiger charge is 2.30. The predicted octanol–water partition coefficient (Wildman–Crippen LogP) is 6.69. The van der Waals surface area contributed by atoms with Gasteiger partial charge in [-0.15, -0.1) is 0 Å². The van der Waals surface area contributed by atoms with Gasteiger partial charge in [0.25, 0.3) is 0 Å². The van der Waals surface area contributed by atoms with E-state index in [1.165, 1.54) is 70.6 Å². The Labute approximate surface area is 349 Å². The molecule has 0 unspecified atom stereocenters. The SMILES string of the molecule is CCCCCCCCCCCCCCCCCC(=O)N[C@@H](CCCN=C(N)N)C(=O)N[C@@H](Cc1c[nH]c2ccccc12)C(=O)N[C@@H](Cc1c[nH]c2ccccc12)C(N)=O. The van der Waals surface area contributed by atoms with Crippen LogP contribution in [0.25, 0.3) is 21.8 Å². The van der Waals surface area contributed by atoms with Crippen molar-refractivity contribution in [2.75, 3.05) is 6.54 Å². The molecular formula is C46H69N9O4. The summed E-state index contributed by atoms with van der Waals surface area (Å²) in [4.78, 5) is 64.6. The van der Waals surface area contributed by atoms with E-state index >= 15 is 0 Å². The summed E-state index contributed by atoms with van der Waals surface area (Å²) in [5.41, 5.74) is 20.3. The summed E-state index contributed by atoms with van der Waals surface area (Å²) in [5, 5.41) is 10.5. The molecule has 2 aromatic carbocycles. The number of carbonyl (C=O) groups is 4. The van der Waals surface area contributed by atoms with Crippen molar-refractivity contribution in [3.63, 3.8) is 0 Å². The number of primary amides is 1. The number of aromatic amines is 2. The van der Waals surface area contributed by atoms with Crippen molar-refractivity contribution in [3.05, 3.63) is 72.1 Å². The molecule has 322 valence electrons. The minimum atomic E-state index is -1.10. The Morgan fingerprint density at radius 1 is 0.576 bits per heavy atom. The standard InChI is InChI=1S/C46H69N9O4/c1-2-3-4-5-6-7-8-9-10-11-12-13-14-15-16-27-42(56)53-39(26-21-28-50-46(48)49)44(58)55-41(30-34-32-52-38-25-20-18-23-36(34)38)45(59)54-40(43(47)57)29-33-31-51-37-24-19-17-22-35(33)37/h17-20,22-25,31-32,39-41,51-52H,2-16,21,26-30H2,1H3,(H2,47,57)(H,53,56)(H,54,59)(H,55,58)(H4,48,49,50)/t39-,40-,41-/m0/s1. The van der Waals surface area contributed by atoms with E-state index in [9.17, 15) is 19.2 Å². The molecule has 0 aliphatic heterocycles. The number of amides is 4. The van der Waals surface area contributed by atoms with Gasteiger partial charge in [-0.05, 0) is 42.5 Å². The number of guanidine groups is 1. The Morgan fingerprint density at radius 2 is 1.03 bits per heavy atom. The van der Waals surface area contributed by atoms with E-state index in [1.54, 1.807) is 12.4 Å². The first-order valence-corrected chi connectivity index (χ1v) is 22.0. The summed E-state index contributed by atoms with van der Waals surface area (Å²) < 4.78 is 0. The zero-order valence-electron chi connectivity index (χ0n) is 35.2. The topological polar surface area (TPSA) is 226 Å². The monoisotopic (exact) mass is 812 g/mol. The average Bonchev–Trinajstić information content (AvgIpc) is 3.83. The van der Waals surface area contributed by atoms with Gasteiger partial charge in [0.15, 0.2) is 5.96 Å². The fourth-order valence-electron chi connectivity index (χ4n) is 7.71. The van der Waals surface area contributed by atoms with Gasteiger partial charge in [0, 0.05) is 60.0 Å². The fraction of sp³-hybridized carbons (Fsp3) is 0.543. The molecule has 3 atom stereocenters. The second-order valence-corrected chi connectivity index (χ2v) is 15.9. The highest BCUT2D eigenvalue weighted by atomic mass is 16.2. The maximum atomic E-state index is 14.1. The second kappa shape index (κ2) is 25.9. The number of para-hydroxylation sites is 2. The van der Waals surface area contributed by atoms with E-state index in [-0.39, 0.29) is 37.7 Å². The van der Waals surface area contributed by atoms with Crippen molar-refractivity contribution in [3.8, 4) is 0 Å². The van der Waals surface area contributed by atoms with Crippen molar-refractivity contribution in [2.45, 2.75) is 153 Å². The van der Waals surface area contributed by atoms with Crippen LogP contribution in [0.4, 0.5) is 0 Å². The number of hydrogen-bond acceptors (Lipinski definition) is 5. The molecular weight excluding hydrogens is 743 g/mol. The number of hydrogen-bond donors (Lipinski definition) is 8. The second-order valence-electron chi connectivity index (χ2n) is 15.9. The number of nitrogens with two attached hydrogens (primary N) is 3. The van der Waals surface area contributed by atoms with Crippen LogP contribution >= 0.6 is 0 Å². The molecule has 0 aliphatic rings. The van der Waals surface area contributed by atoms with Crippen LogP contribution in [-0.2, 0) is 32.0 Å². The van der Waals surface area contributed by atoms with Crippen molar-refractivity contribution in [1.82, 2.24) is 25.9 Å². The number of aromatic nitrogens is 2. The van der Waals surface area contributed by atoms with E-state index in [4.69, 9.17) is 17.2 Å². The summed E-state index contributed by atoms with van der Waals surface area (Å²) in [7, 11) is 0. The molecule has 59 heavy (non-hydrogen) atoms. The molecule has 13 nitrogen and oxygen atoms in total. The number of fused-ring (bicyclic) bond motifs is 2. The van der Waals surface area contributed by atoms with Gasteiger partial charge in [-0.1, -0.05) is 133 Å². The van der Waals surface area contributed by atoms with E-state index in [0.717, 1.165) is 58.6 Å². The average molecular weight is 812 g/mol. The van der Waals surface area contributed by atoms with Gasteiger partial charge in [-0.25, -0.2) is 0 Å². The van der Waals surface area contributed by atoms with Crippen LogP contribution in [0.1, 0.15) is 134 Å². The Bertz CT molecular complexity index is 1910. The van der Waals surface area contributed by atoms with Gasteiger partial charge >= 0.3 is 0 Å². The Kier molecular flexibility index (Phi) is 20.4. The zero-order chi connectivity index (χ0) is 42.2. The summed E-state index contributed by atoms with van der Waals surface area (Å²) in [6.45, 7) is 2.53. The maximum Gasteiger partial charge on any atom is 0.243 e. The Balaban J connectivity index is 1.34. The van der Waals surface area contributed by atoms with Crippen LogP contribution in [0, 0.1) is 0 Å². The van der Waals surface area contributed by atoms with Gasteiger partial charge in [0.2, 0.25) is 23.6 Å². The molecule has 0 aliphatic carbocycles. The van der Waals surface area contributed by atoms with Crippen LogP contribution in [0.2, 0.25) is 0 Å². The minimum absolute atomic E-state index is 0.0599. The van der Waals surface area contributed by atoms with Crippen LogP contribution < -0.4 is 33.2 Å². The first-order chi connectivity index (χ1) is 28.7. The molecule has 0 fully saturated rings. The quantitative estimate of drug-likeness (QED) is 0.0163. The Morgan fingerprint density at radius 3 is 1.54 bits per heavy atom. The van der Waals surface area contributed by atoms with Gasteiger partial charge < -0.3 is 43.1 Å². The summed E-state index contributed by atoms with van der Waals surface area (Å²) in [6.07, 6.45) is 23.3. The van der Waals surface area contributed by atoms with Crippen molar-refractivity contribution < 1.29 is 19.2 Å². The molecule has 13 heteroatoms. The molecule has 0 saturated carbocycles. The zero-order valence-corrected chi connectivity index (χ0v) is 35.2. The van der Waals surface area contributed by atoms with Crippen LogP contribution in [0.15, 0.2) is 65.9 Å². The van der Waals surface area contributed by atoms with Crippen LogP contribution in [0.5, 0.6) is 0 Å². The summed E-state index contributed by atoms with van der Waals surface area (Å²) in [6, 6.07) is 12.3. The normalized spacial score (nSPS) is 12.8. The lowest BCUT2D eigenvalue weighted by Crippen LogP contribution is -2.57. The molecule has 0 radical (unpaired) electrons. The van der Waals surface area contributed by atoms with Gasteiger partial charge in [-0.2, -0.15) is 0 Å². The number of H-pyrrole nitrogens is 2. The van der Waals surface area contributed by atoms with Gasteiger partial charge in [0.05, 0.1) is 0 Å². The van der Waals surface area contributed by atoms with Crippen molar-refractivity contribution in [1.29, 1.82) is 0 Å². The first-order valence-electron chi connectivity index (χ1n) is 22.0. The molecule has 2 aromatic heterocycles. The highest BCUT2D eigenvalue weighted by Crippen LogP contribution is 2.21. The number of nitrogens with one attached hydrogen (secondary N) is 5. The number of rotatable bonds is 30. The number of aliphatic imine (C=N–C) groups is 1. The van der Waals surface area contributed by atoms with Crippen LogP contribution in [-0.4, -0.2) is 64.2 Å². The van der Waals surface area contributed by atoms with Crippen molar-refractivity contribution in [2.24, 2.45) is 22.2 Å². The lowest BCUT2D eigenvalue weighted by atomic mass is 10.0. The van der Waals surface area contributed by atoms with Crippen LogP contribution in [0.3, 0.4) is 0 Å². The first kappa shape index (κ1) is 46.4. The van der Waals surface area contributed by atoms with E-state index in [0.29, 0.717) is 12.8 Å². The fourth-order valence-corrected chi connectivity index (χ4v) is 7.71. The summed E-state index contributed by atoms with van der Waals surface area (Å²) >= 11 is 0. The largest absolute Gasteiger partial charge is 0.370 e. The van der Waals surface area contributed by atoms with Crippen molar-refractivity contribution >= 4 is 51.4 Å². The molecule has 2 heterocycles. The number of carbonyl (C=O) groups excluding carboxylic acids is 4. The molecule has 11 N–H and O–H groups in total. The summed E-state index contributed by atoms with van der Waals surface area (Å²) in [5.74, 6) is -2.09. The molecule has 0 spiro atoms. The molecule has 4 aromatic rings. The lowest BCUT2D eigenvalue weighted by Gasteiger charge is -2.25. The lowest BCUT2D eigenvalue weighted by molar-refractivity contribution is -0.133. The maximum absolute atomic E-state index is 14.1. The van der Waals surface area contributed by atoms with Gasteiger partial charge in [-0.3, -0.25) is 24.2 Å². The third-order valence-corrected chi connectivity index (χ3v) is 11.1. The number of unbranched alkanes of at least 4 members (excludes halogenated alkanes) is 14. The molecule has 4 amide bonds. The number of benzene rings is 2. The Hall–Kier alpha value is -5.33. The third kappa shape index (κ3) is 16.4. The van der Waals surface area contributed by atoms with E-state index in [2.05, 4.69) is 37.8 Å². The molecule has 0 saturated heterocycles. The number of nitrogens with zero attached hydrogens (tertiary/aromatic N) is 1. The van der Waals surface area contributed by atoms with Gasteiger partial charge in [0.1, 0.15) is 18.1 Å². The molecule has 4 rings (SSSR count). The van der Waals surface area contributed by atoms with E-state index < -0.39 is 35.8 Å². The van der Waals surface area contributed by atoms with E-state index in [1.807, 2.05) is 48.5 Å². The highest BCUT2D eigenvalue weighted by molar-refractivity contribution is 5.95. The molecule has 0 bridgehead atoms. The predicted molar refractivity (Wildman–Crippen MR) is 238 cm³/mol. The third-order valence-electron chi connectivity index (χ3n) is 11.1.